The number of benzene rings is 1. The summed E-state index contributed by atoms with van der Waals surface area (Å²) in [5.41, 5.74) is 3.56. The lowest BCUT2D eigenvalue weighted by Crippen LogP contribution is -2.47. The highest BCUT2D eigenvalue weighted by atomic mass is 32.1. The number of methoxy groups -OCH3 is 1. The summed E-state index contributed by atoms with van der Waals surface area (Å²) in [4.78, 5) is 33.2. The van der Waals surface area contributed by atoms with Gasteiger partial charge < -0.3 is 15.4 Å². The van der Waals surface area contributed by atoms with Gasteiger partial charge in [0.15, 0.2) is 0 Å². The number of alkyl carbamates (subject to hydrolysis) is 1. The van der Waals surface area contributed by atoms with Crippen molar-refractivity contribution < 1.29 is 14.3 Å². The predicted molar refractivity (Wildman–Crippen MR) is 111 cm³/mol. The number of nitrogens with zero attached hydrogens (tertiary/aromatic N) is 2. The molecule has 0 saturated heterocycles. The van der Waals surface area contributed by atoms with Gasteiger partial charge in [-0.2, -0.15) is 0 Å². The zero-order valence-corrected chi connectivity index (χ0v) is 17.0. The first-order valence-corrected chi connectivity index (χ1v) is 9.96. The minimum Gasteiger partial charge on any atom is -0.453 e. The van der Waals surface area contributed by atoms with E-state index in [1.807, 2.05) is 54.8 Å². The van der Waals surface area contributed by atoms with Gasteiger partial charge in [0.2, 0.25) is 5.91 Å². The van der Waals surface area contributed by atoms with Crippen LogP contribution in [-0.2, 0) is 22.5 Å². The van der Waals surface area contributed by atoms with E-state index in [4.69, 9.17) is 0 Å². The van der Waals surface area contributed by atoms with E-state index >= 15 is 0 Å². The Morgan fingerprint density at radius 1 is 1.17 bits per heavy atom. The minimum atomic E-state index is -0.746. The molecule has 8 heteroatoms. The van der Waals surface area contributed by atoms with Gasteiger partial charge in [-0.25, -0.2) is 9.78 Å². The van der Waals surface area contributed by atoms with Crippen LogP contribution in [0.25, 0.3) is 10.6 Å². The lowest BCUT2D eigenvalue weighted by molar-refractivity contribution is -0.123. The van der Waals surface area contributed by atoms with E-state index in [2.05, 4.69) is 25.3 Å². The number of aromatic nitrogens is 2. The fourth-order valence-electron chi connectivity index (χ4n) is 2.68. The molecule has 0 aliphatic rings. The Bertz CT molecular complexity index is 958. The number of amides is 2. The van der Waals surface area contributed by atoms with E-state index in [-0.39, 0.29) is 12.5 Å². The number of carbonyl (C=O) groups is 2. The summed E-state index contributed by atoms with van der Waals surface area (Å²) in [5.74, 6) is -0.300. The van der Waals surface area contributed by atoms with E-state index in [0.29, 0.717) is 6.42 Å². The molecule has 0 fully saturated rings. The average molecular weight is 410 g/mol. The van der Waals surface area contributed by atoms with Gasteiger partial charge in [0, 0.05) is 29.3 Å². The molecular formula is C21H22N4O3S. The first-order chi connectivity index (χ1) is 14.0. The molecule has 0 unspecified atom stereocenters. The quantitative estimate of drug-likeness (QED) is 0.624. The maximum absolute atomic E-state index is 12.7. The van der Waals surface area contributed by atoms with Crippen LogP contribution in [0, 0.1) is 6.92 Å². The van der Waals surface area contributed by atoms with Gasteiger partial charge in [-0.15, -0.1) is 11.3 Å². The van der Waals surface area contributed by atoms with E-state index in [9.17, 15) is 9.59 Å². The molecule has 3 aromatic rings. The van der Waals surface area contributed by atoms with E-state index in [0.717, 1.165) is 27.5 Å². The summed E-state index contributed by atoms with van der Waals surface area (Å²) in [6.07, 6.45) is 1.50. The van der Waals surface area contributed by atoms with Gasteiger partial charge in [-0.1, -0.05) is 30.3 Å². The van der Waals surface area contributed by atoms with Crippen molar-refractivity contribution >= 4 is 23.3 Å². The molecule has 3 rings (SSSR count). The normalized spacial score (nSPS) is 11.5. The Kier molecular flexibility index (Phi) is 6.91. The van der Waals surface area contributed by atoms with Crippen molar-refractivity contribution in [1.82, 2.24) is 20.6 Å². The van der Waals surface area contributed by atoms with Crippen LogP contribution in [0.5, 0.6) is 0 Å². The number of hydrogen-bond donors (Lipinski definition) is 2. The summed E-state index contributed by atoms with van der Waals surface area (Å²) >= 11 is 1.49. The number of ether oxygens (including phenoxy) is 1. The maximum Gasteiger partial charge on any atom is 0.407 e. The highest BCUT2D eigenvalue weighted by Gasteiger charge is 2.21. The smallest absolute Gasteiger partial charge is 0.407 e. The molecule has 2 aromatic heterocycles. The molecule has 0 radical (unpaired) electrons. The fraction of sp³-hybridized carbons (Fsp3) is 0.238. The fourth-order valence-corrected chi connectivity index (χ4v) is 3.49. The number of rotatable bonds is 7. The Labute approximate surface area is 173 Å². The molecular weight excluding hydrogens is 388 g/mol. The van der Waals surface area contributed by atoms with Crippen molar-refractivity contribution in [2.24, 2.45) is 0 Å². The molecule has 2 heterocycles. The number of thiazole rings is 1. The molecule has 2 N–H and O–H groups in total. The van der Waals surface area contributed by atoms with Gasteiger partial charge in [-0.05, 0) is 24.6 Å². The topological polar surface area (TPSA) is 93.2 Å². The summed E-state index contributed by atoms with van der Waals surface area (Å²) in [5, 5.41) is 8.17. The zero-order chi connectivity index (χ0) is 20.6. The molecule has 0 bridgehead atoms. The SMILES string of the molecule is COC(=O)N[C@@H](Cc1ccccc1)C(=O)NCc1csc(-c2ccc(C)nc2)n1. The predicted octanol–water partition coefficient (Wildman–Crippen LogP) is 3.10. The van der Waals surface area contributed by atoms with Gasteiger partial charge in [0.05, 0.1) is 19.3 Å². The van der Waals surface area contributed by atoms with E-state index < -0.39 is 12.1 Å². The Morgan fingerprint density at radius 2 is 1.97 bits per heavy atom. The molecule has 2 amide bonds. The third-order valence-corrected chi connectivity index (χ3v) is 5.17. The maximum atomic E-state index is 12.7. The van der Waals surface area contributed by atoms with Gasteiger partial charge >= 0.3 is 6.09 Å². The highest BCUT2D eigenvalue weighted by molar-refractivity contribution is 7.13. The number of aryl methyl sites for hydroxylation is 1. The number of carbonyl (C=O) groups excluding carboxylic acids is 2. The van der Waals surface area contributed by atoms with Crippen LogP contribution in [0.1, 0.15) is 17.0 Å². The van der Waals surface area contributed by atoms with Crippen molar-refractivity contribution in [3.63, 3.8) is 0 Å². The highest BCUT2D eigenvalue weighted by Crippen LogP contribution is 2.23. The molecule has 0 aliphatic heterocycles. The molecule has 29 heavy (non-hydrogen) atoms. The molecule has 0 saturated carbocycles. The Hall–Kier alpha value is -3.26. The third kappa shape index (κ3) is 5.86. The lowest BCUT2D eigenvalue weighted by atomic mass is 10.1. The number of pyridine rings is 1. The number of nitrogens with one attached hydrogen (secondary N) is 2. The summed E-state index contributed by atoms with van der Waals surface area (Å²) in [7, 11) is 1.27. The molecule has 0 spiro atoms. The van der Waals surface area contributed by atoms with Crippen LogP contribution in [0.15, 0.2) is 54.0 Å². The van der Waals surface area contributed by atoms with Gasteiger partial charge in [0.25, 0.3) is 0 Å². The monoisotopic (exact) mass is 410 g/mol. The average Bonchev–Trinajstić information content (AvgIpc) is 3.21. The van der Waals surface area contributed by atoms with Crippen LogP contribution in [0.3, 0.4) is 0 Å². The first-order valence-electron chi connectivity index (χ1n) is 9.08. The van der Waals surface area contributed by atoms with Crippen molar-refractivity contribution in [3.8, 4) is 10.6 Å². The third-order valence-electron chi connectivity index (χ3n) is 4.23. The van der Waals surface area contributed by atoms with Crippen molar-refractivity contribution in [2.75, 3.05) is 7.11 Å². The first kappa shape index (κ1) is 20.5. The standard InChI is InChI=1S/C21H22N4O3S/c1-14-8-9-16(11-22-14)20-24-17(13-29-20)12-23-19(26)18(25-21(27)28-2)10-15-6-4-3-5-7-15/h3-9,11,13,18H,10,12H2,1-2H3,(H,23,26)(H,25,27)/t18-/m0/s1. The van der Waals surface area contributed by atoms with E-state index in [1.165, 1.54) is 18.4 Å². The van der Waals surface area contributed by atoms with Crippen LogP contribution in [0.2, 0.25) is 0 Å². The summed E-state index contributed by atoms with van der Waals surface area (Å²) in [6.45, 7) is 2.20. The largest absolute Gasteiger partial charge is 0.453 e. The molecule has 150 valence electrons. The zero-order valence-electron chi connectivity index (χ0n) is 16.2. The number of hydrogen-bond acceptors (Lipinski definition) is 6. The van der Waals surface area contributed by atoms with E-state index in [1.54, 1.807) is 6.20 Å². The molecule has 1 aromatic carbocycles. The Balaban J connectivity index is 1.63. The second kappa shape index (κ2) is 9.79. The van der Waals surface area contributed by atoms with Gasteiger partial charge in [-0.3, -0.25) is 9.78 Å². The lowest BCUT2D eigenvalue weighted by Gasteiger charge is -2.17. The molecule has 7 nitrogen and oxygen atoms in total. The van der Waals surface area contributed by atoms with Crippen molar-refractivity contribution in [2.45, 2.75) is 25.9 Å². The van der Waals surface area contributed by atoms with Crippen LogP contribution in [0.4, 0.5) is 4.79 Å². The van der Waals surface area contributed by atoms with Crippen molar-refractivity contribution in [3.05, 3.63) is 71.0 Å². The van der Waals surface area contributed by atoms with Crippen LogP contribution >= 0.6 is 11.3 Å². The minimum absolute atomic E-state index is 0.267. The second-order valence-corrected chi connectivity index (χ2v) is 7.29. The second-order valence-electron chi connectivity index (χ2n) is 6.43. The summed E-state index contributed by atoms with van der Waals surface area (Å²) < 4.78 is 4.65. The van der Waals surface area contributed by atoms with Crippen molar-refractivity contribution in [1.29, 1.82) is 0 Å². The summed E-state index contributed by atoms with van der Waals surface area (Å²) in [6, 6.07) is 12.6. The Morgan fingerprint density at radius 3 is 2.66 bits per heavy atom. The molecule has 0 aliphatic carbocycles. The van der Waals surface area contributed by atoms with Crippen LogP contribution < -0.4 is 10.6 Å². The van der Waals surface area contributed by atoms with Gasteiger partial charge in [0.1, 0.15) is 11.0 Å². The van der Waals surface area contributed by atoms with Crippen LogP contribution in [-0.4, -0.2) is 35.1 Å². The molecule has 1 atom stereocenters.